The highest BCUT2D eigenvalue weighted by molar-refractivity contribution is 6.25. The minimum Gasteiger partial charge on any atom is -0.383 e. The predicted molar refractivity (Wildman–Crippen MR) is 112 cm³/mol. The third-order valence-electron chi connectivity index (χ3n) is 5.58. The Morgan fingerprint density at radius 2 is 2.07 bits per heavy atom. The summed E-state index contributed by atoms with van der Waals surface area (Å²) in [6.07, 6.45) is 9.40. The number of amidine groups is 1. The van der Waals surface area contributed by atoms with E-state index in [0.29, 0.717) is 17.7 Å². The van der Waals surface area contributed by atoms with Crippen molar-refractivity contribution < 1.29 is 15.8 Å². The van der Waals surface area contributed by atoms with Crippen LogP contribution in [0.2, 0.25) is 0 Å². The van der Waals surface area contributed by atoms with Gasteiger partial charge in [-0.1, -0.05) is 12.8 Å². The maximum absolute atomic E-state index is 12.8. The van der Waals surface area contributed by atoms with E-state index in [9.17, 15) is 9.59 Å². The highest BCUT2D eigenvalue weighted by Gasteiger charge is 2.45. The molecule has 0 unspecified atom stereocenters. The molecule has 9 nitrogen and oxygen atoms in total. The summed E-state index contributed by atoms with van der Waals surface area (Å²) in [7, 11) is 3.29. The van der Waals surface area contributed by atoms with Crippen molar-refractivity contribution in [1.29, 1.82) is 5.41 Å². The van der Waals surface area contributed by atoms with Crippen LogP contribution in [0.5, 0.6) is 0 Å². The summed E-state index contributed by atoms with van der Waals surface area (Å²) in [6.45, 7) is 3.76. The van der Waals surface area contributed by atoms with Crippen molar-refractivity contribution in [1.82, 2.24) is 20.0 Å². The van der Waals surface area contributed by atoms with E-state index in [1.807, 2.05) is 4.90 Å². The Hall–Kier alpha value is -2.68. The minimum atomic E-state index is -0.569. The van der Waals surface area contributed by atoms with E-state index in [1.165, 1.54) is 38.0 Å². The second-order valence-corrected chi connectivity index (χ2v) is 8.19. The van der Waals surface area contributed by atoms with Crippen molar-refractivity contribution in [3.8, 4) is 0 Å². The fourth-order valence-electron chi connectivity index (χ4n) is 4.11. The molecule has 160 valence electrons. The largest absolute Gasteiger partial charge is 0.383 e. The molecule has 9 heteroatoms. The van der Waals surface area contributed by atoms with Crippen molar-refractivity contribution in [2.24, 2.45) is 12.5 Å². The Labute approximate surface area is 172 Å². The standard InChI is InChI=1S/C20H30N6O3.H2/c1-14(11-29-3)23-18(27)16(19(28)24-15-9-22-25(2)10-15)8-17(21)26-12-20(13-26)6-4-5-7-20;/h8-10,14,21H,4-7,11-13H2,1-3H3,(H,23,27)(H,24,28);1H/b16-8-,21-17?;/t14-;/m0./s1. The van der Waals surface area contributed by atoms with Gasteiger partial charge in [-0.15, -0.1) is 0 Å². The number of anilines is 1. The van der Waals surface area contributed by atoms with Gasteiger partial charge in [0.05, 0.1) is 18.5 Å². The molecule has 0 bridgehead atoms. The van der Waals surface area contributed by atoms with Crippen molar-refractivity contribution in [2.45, 2.75) is 38.6 Å². The van der Waals surface area contributed by atoms with Gasteiger partial charge >= 0.3 is 0 Å². The first-order valence-corrected chi connectivity index (χ1v) is 9.97. The maximum atomic E-state index is 12.8. The van der Waals surface area contributed by atoms with Gasteiger partial charge in [-0.25, -0.2) is 0 Å². The van der Waals surface area contributed by atoms with Crippen molar-refractivity contribution in [2.75, 3.05) is 32.1 Å². The number of nitrogens with zero attached hydrogens (tertiary/aromatic N) is 3. The van der Waals surface area contributed by atoms with E-state index >= 15 is 0 Å². The second kappa shape index (κ2) is 8.77. The number of methoxy groups -OCH3 is 1. The number of rotatable bonds is 7. The third kappa shape index (κ3) is 5.03. The van der Waals surface area contributed by atoms with Crippen molar-refractivity contribution >= 4 is 23.3 Å². The summed E-state index contributed by atoms with van der Waals surface area (Å²) < 4.78 is 6.60. The van der Waals surface area contributed by atoms with E-state index in [2.05, 4.69) is 15.7 Å². The number of hydrogen-bond donors (Lipinski definition) is 3. The average Bonchev–Trinajstić information content (AvgIpc) is 3.27. The zero-order valence-corrected chi connectivity index (χ0v) is 17.3. The number of carbonyl (C=O) groups is 2. The van der Waals surface area contributed by atoms with Crippen LogP contribution in [0.3, 0.4) is 0 Å². The minimum absolute atomic E-state index is 0. The topological polar surface area (TPSA) is 112 Å². The first kappa shape index (κ1) is 21.0. The van der Waals surface area contributed by atoms with Crippen molar-refractivity contribution in [3.63, 3.8) is 0 Å². The van der Waals surface area contributed by atoms with Gasteiger partial charge in [-0.2, -0.15) is 5.10 Å². The quantitative estimate of drug-likeness (QED) is 0.210. The number of likely N-dealkylation sites (tertiary alicyclic amines) is 1. The van der Waals surface area contributed by atoms with Crippen LogP contribution in [0.1, 0.15) is 34.0 Å². The molecule has 3 rings (SSSR count). The number of aromatic nitrogens is 2. The van der Waals surface area contributed by atoms with Crippen LogP contribution in [-0.2, 0) is 21.4 Å². The first-order chi connectivity index (χ1) is 13.8. The molecule has 3 N–H and O–H groups in total. The normalized spacial score (nSPS) is 19.0. The summed E-state index contributed by atoms with van der Waals surface area (Å²) in [4.78, 5) is 27.5. The van der Waals surface area contributed by atoms with Crippen LogP contribution < -0.4 is 10.6 Å². The van der Waals surface area contributed by atoms with Gasteiger partial charge in [0.2, 0.25) is 0 Å². The molecule has 1 aromatic rings. The van der Waals surface area contributed by atoms with E-state index in [-0.39, 0.29) is 18.9 Å². The molecule has 1 aliphatic carbocycles. The molecule has 2 amide bonds. The van der Waals surface area contributed by atoms with Crippen LogP contribution in [-0.4, -0.2) is 65.2 Å². The molecule has 2 heterocycles. The van der Waals surface area contributed by atoms with Gasteiger partial charge in [0, 0.05) is 46.3 Å². The van der Waals surface area contributed by atoms with Crippen LogP contribution in [0.15, 0.2) is 24.0 Å². The van der Waals surface area contributed by atoms with Crippen LogP contribution in [0, 0.1) is 10.8 Å². The molecule has 2 aliphatic rings. The van der Waals surface area contributed by atoms with E-state index < -0.39 is 11.8 Å². The molecule has 2 fully saturated rings. The summed E-state index contributed by atoms with van der Waals surface area (Å²) in [6, 6.07) is -0.262. The Kier molecular flexibility index (Phi) is 6.36. The third-order valence-corrected chi connectivity index (χ3v) is 5.58. The van der Waals surface area contributed by atoms with Gasteiger partial charge in [0.15, 0.2) is 0 Å². The number of ether oxygens (including phenoxy) is 1. The van der Waals surface area contributed by atoms with Crippen LogP contribution in [0.4, 0.5) is 5.69 Å². The number of carbonyl (C=O) groups excluding carboxylic acids is 2. The first-order valence-electron chi connectivity index (χ1n) is 9.97. The highest BCUT2D eigenvalue weighted by atomic mass is 16.5. The summed E-state index contributed by atoms with van der Waals surface area (Å²) in [5.41, 5.74) is 0.712. The maximum Gasteiger partial charge on any atom is 0.261 e. The molecular weight excluding hydrogens is 372 g/mol. The lowest BCUT2D eigenvalue weighted by Crippen LogP contribution is -2.56. The molecule has 1 saturated heterocycles. The Morgan fingerprint density at radius 3 is 2.66 bits per heavy atom. The van der Waals surface area contributed by atoms with Gasteiger partial charge in [0.25, 0.3) is 11.8 Å². The zero-order chi connectivity index (χ0) is 21.0. The lowest BCUT2D eigenvalue weighted by Gasteiger charge is -2.49. The molecule has 1 atom stereocenters. The fourth-order valence-corrected chi connectivity index (χ4v) is 4.11. The SMILES string of the molecule is COC[C@H](C)NC(=O)/C(=C/C(=N)N1CC2(CCCC2)C1)C(=O)Nc1cnn(C)c1.[HH]. The Balaban J connectivity index is 0.00000320. The molecule has 0 aromatic carbocycles. The van der Waals surface area contributed by atoms with Gasteiger partial charge in [-0.05, 0) is 25.8 Å². The van der Waals surface area contributed by atoms with Gasteiger partial charge in [-0.3, -0.25) is 19.7 Å². The van der Waals surface area contributed by atoms with E-state index in [1.54, 1.807) is 32.0 Å². The lowest BCUT2D eigenvalue weighted by molar-refractivity contribution is -0.122. The molecular formula is C20H32N6O3. The molecule has 1 aliphatic heterocycles. The summed E-state index contributed by atoms with van der Waals surface area (Å²) in [5, 5.41) is 17.9. The van der Waals surface area contributed by atoms with Gasteiger partial charge in [0.1, 0.15) is 11.4 Å². The second-order valence-electron chi connectivity index (χ2n) is 8.19. The monoisotopic (exact) mass is 404 g/mol. The molecule has 0 radical (unpaired) electrons. The van der Waals surface area contributed by atoms with Crippen molar-refractivity contribution in [3.05, 3.63) is 24.0 Å². The predicted octanol–water partition coefficient (Wildman–Crippen LogP) is 1.54. The zero-order valence-electron chi connectivity index (χ0n) is 17.3. The molecule has 1 aromatic heterocycles. The summed E-state index contributed by atoms with van der Waals surface area (Å²) >= 11 is 0. The van der Waals surface area contributed by atoms with E-state index in [4.69, 9.17) is 10.1 Å². The Bertz CT molecular complexity index is 807. The van der Waals surface area contributed by atoms with Crippen LogP contribution >= 0.6 is 0 Å². The smallest absolute Gasteiger partial charge is 0.261 e. The molecule has 1 saturated carbocycles. The average molecular weight is 405 g/mol. The number of nitrogens with one attached hydrogen (secondary N) is 3. The highest BCUT2D eigenvalue weighted by Crippen LogP contribution is 2.45. The molecule has 29 heavy (non-hydrogen) atoms. The lowest BCUT2D eigenvalue weighted by atomic mass is 9.78. The number of aryl methyl sites for hydroxylation is 1. The Morgan fingerprint density at radius 1 is 1.38 bits per heavy atom. The molecule has 1 spiro atoms. The number of hydrogen-bond acceptors (Lipinski definition) is 5. The summed E-state index contributed by atoms with van der Waals surface area (Å²) in [5.74, 6) is -0.911. The van der Waals surface area contributed by atoms with E-state index in [0.717, 1.165) is 13.1 Å². The fraction of sp³-hybridized carbons (Fsp3) is 0.600. The van der Waals surface area contributed by atoms with Gasteiger partial charge < -0.3 is 20.3 Å². The number of amides is 2. The van der Waals surface area contributed by atoms with Crippen LogP contribution in [0.25, 0.3) is 0 Å².